The lowest BCUT2D eigenvalue weighted by Crippen LogP contribution is -2.49. The fourth-order valence-corrected chi connectivity index (χ4v) is 3.01. The average molecular weight is 433 g/mol. The molecule has 1 aromatic rings. The summed E-state index contributed by atoms with van der Waals surface area (Å²) in [6.07, 6.45) is 0.189. The molecule has 1 amide bonds. The number of hydrogen-bond acceptors (Lipinski definition) is 5. The van der Waals surface area contributed by atoms with Crippen molar-refractivity contribution in [3.8, 4) is 0 Å². The Kier molecular flexibility index (Phi) is 13.6. The van der Waals surface area contributed by atoms with Crippen molar-refractivity contribution < 1.29 is 9.53 Å². The molecular formula is C16H32Cl3N5O2. The zero-order valence-corrected chi connectivity index (χ0v) is 18.4. The Morgan fingerprint density at radius 2 is 1.77 bits per heavy atom. The maximum absolute atomic E-state index is 12.3. The summed E-state index contributed by atoms with van der Waals surface area (Å²) in [4.78, 5) is 16.6. The first-order valence-corrected chi connectivity index (χ1v) is 8.18. The number of carbonyl (C=O) groups excluding carboxylic acids is 1. The van der Waals surface area contributed by atoms with E-state index in [1.54, 1.807) is 7.11 Å². The van der Waals surface area contributed by atoms with Crippen molar-refractivity contribution in [3.05, 3.63) is 17.0 Å². The van der Waals surface area contributed by atoms with Crippen LogP contribution in [0.4, 0.5) is 0 Å². The molecule has 1 aliphatic rings. The standard InChI is InChI=1S/C16H29N5O2.3ClH/c1-12-15(13(2)19(3)18-12)11-20-5-7-21(8-6-20)16(22)9-14(10-17)23-4;;;/h14H,5-11,17H2,1-4H3;3*1H. The number of ether oxygens (including phenoxy) is 1. The summed E-state index contributed by atoms with van der Waals surface area (Å²) in [6.45, 7) is 8.74. The molecule has 1 fully saturated rings. The minimum absolute atomic E-state index is 0. The summed E-state index contributed by atoms with van der Waals surface area (Å²) < 4.78 is 7.13. The minimum atomic E-state index is -0.179. The number of amides is 1. The van der Waals surface area contributed by atoms with Crippen LogP contribution in [0.2, 0.25) is 0 Å². The van der Waals surface area contributed by atoms with Crippen molar-refractivity contribution in [2.24, 2.45) is 12.8 Å². The highest BCUT2D eigenvalue weighted by Gasteiger charge is 2.24. The van der Waals surface area contributed by atoms with E-state index in [9.17, 15) is 4.79 Å². The van der Waals surface area contributed by atoms with Crippen LogP contribution in [-0.4, -0.2) is 71.4 Å². The van der Waals surface area contributed by atoms with Gasteiger partial charge < -0.3 is 15.4 Å². The molecule has 1 unspecified atom stereocenters. The Morgan fingerprint density at radius 3 is 2.19 bits per heavy atom. The molecule has 7 nitrogen and oxygen atoms in total. The van der Waals surface area contributed by atoms with Crippen molar-refractivity contribution in [1.82, 2.24) is 19.6 Å². The Labute approximate surface area is 174 Å². The fraction of sp³-hybridized carbons (Fsp3) is 0.750. The number of aryl methyl sites for hydroxylation is 2. The molecule has 0 radical (unpaired) electrons. The molecule has 1 atom stereocenters. The van der Waals surface area contributed by atoms with Gasteiger partial charge >= 0.3 is 0 Å². The first kappa shape index (κ1) is 27.6. The summed E-state index contributed by atoms with van der Waals surface area (Å²) in [7, 11) is 3.58. The summed E-state index contributed by atoms with van der Waals surface area (Å²) in [6, 6.07) is 0. The summed E-state index contributed by atoms with van der Waals surface area (Å²) in [5.74, 6) is 0.135. The highest BCUT2D eigenvalue weighted by Crippen LogP contribution is 2.16. The third kappa shape index (κ3) is 6.87. The molecule has 2 heterocycles. The number of methoxy groups -OCH3 is 1. The van der Waals surface area contributed by atoms with Crippen LogP contribution in [0.25, 0.3) is 0 Å². The number of rotatable bonds is 6. The quantitative estimate of drug-likeness (QED) is 0.733. The van der Waals surface area contributed by atoms with E-state index in [0.717, 1.165) is 38.4 Å². The monoisotopic (exact) mass is 431 g/mol. The average Bonchev–Trinajstić information content (AvgIpc) is 2.79. The van der Waals surface area contributed by atoms with Gasteiger partial charge in [-0.3, -0.25) is 14.4 Å². The second-order valence-corrected chi connectivity index (χ2v) is 6.23. The molecule has 0 saturated carbocycles. The molecule has 0 bridgehead atoms. The van der Waals surface area contributed by atoms with Crippen LogP contribution in [0.5, 0.6) is 0 Å². The first-order chi connectivity index (χ1) is 11.0. The number of halogens is 3. The second kappa shape index (κ2) is 12.8. The van der Waals surface area contributed by atoms with Gasteiger partial charge in [0, 0.05) is 64.7 Å². The van der Waals surface area contributed by atoms with E-state index in [-0.39, 0.29) is 49.2 Å². The maximum Gasteiger partial charge on any atom is 0.225 e. The topological polar surface area (TPSA) is 76.6 Å². The third-order valence-electron chi connectivity index (χ3n) is 4.76. The molecule has 2 N–H and O–H groups in total. The zero-order valence-electron chi connectivity index (χ0n) is 15.9. The zero-order chi connectivity index (χ0) is 17.0. The van der Waals surface area contributed by atoms with Gasteiger partial charge in [0.15, 0.2) is 0 Å². The van der Waals surface area contributed by atoms with E-state index in [4.69, 9.17) is 10.5 Å². The normalized spacial score (nSPS) is 15.5. The Bertz CT molecular complexity index is 544. The predicted molar refractivity (Wildman–Crippen MR) is 111 cm³/mol. The van der Waals surface area contributed by atoms with Gasteiger partial charge in [-0.25, -0.2) is 0 Å². The van der Waals surface area contributed by atoms with E-state index in [2.05, 4.69) is 23.8 Å². The highest BCUT2D eigenvalue weighted by atomic mass is 35.5. The van der Waals surface area contributed by atoms with Gasteiger partial charge in [0.2, 0.25) is 5.91 Å². The van der Waals surface area contributed by atoms with Gasteiger partial charge in [0.1, 0.15) is 0 Å². The second-order valence-electron chi connectivity index (χ2n) is 6.23. The van der Waals surface area contributed by atoms with E-state index in [1.165, 1.54) is 11.3 Å². The van der Waals surface area contributed by atoms with E-state index in [1.807, 2.05) is 16.6 Å². The molecule has 2 rings (SSSR count). The van der Waals surface area contributed by atoms with Crippen molar-refractivity contribution in [1.29, 1.82) is 0 Å². The highest BCUT2D eigenvalue weighted by molar-refractivity contribution is 5.86. The van der Waals surface area contributed by atoms with E-state index in [0.29, 0.717) is 13.0 Å². The molecular weight excluding hydrogens is 401 g/mol. The minimum Gasteiger partial charge on any atom is -0.380 e. The van der Waals surface area contributed by atoms with Crippen LogP contribution >= 0.6 is 37.2 Å². The SMILES string of the molecule is COC(CN)CC(=O)N1CCN(Cc2c(C)nn(C)c2C)CC1.Cl.Cl.Cl. The number of aromatic nitrogens is 2. The predicted octanol–water partition coefficient (Wildman–Crippen LogP) is 1.31. The fourth-order valence-electron chi connectivity index (χ4n) is 3.01. The molecule has 0 aliphatic carbocycles. The Hall–Kier alpha value is -0.570. The van der Waals surface area contributed by atoms with Gasteiger partial charge in [-0.05, 0) is 13.8 Å². The number of carbonyl (C=O) groups is 1. The van der Waals surface area contributed by atoms with Gasteiger partial charge in [0.25, 0.3) is 0 Å². The molecule has 1 aromatic heterocycles. The number of nitrogens with two attached hydrogens (primary N) is 1. The molecule has 1 aliphatic heterocycles. The first-order valence-electron chi connectivity index (χ1n) is 8.18. The van der Waals surface area contributed by atoms with Crippen molar-refractivity contribution in [2.75, 3.05) is 39.8 Å². The van der Waals surface area contributed by atoms with Crippen molar-refractivity contribution in [2.45, 2.75) is 32.9 Å². The van der Waals surface area contributed by atoms with Crippen LogP contribution in [0.15, 0.2) is 0 Å². The van der Waals surface area contributed by atoms with Gasteiger partial charge in [-0.1, -0.05) is 0 Å². The third-order valence-corrected chi connectivity index (χ3v) is 4.76. The van der Waals surface area contributed by atoms with Gasteiger partial charge in [-0.2, -0.15) is 5.10 Å². The Balaban J connectivity index is 0. The van der Waals surface area contributed by atoms with Gasteiger partial charge in [-0.15, -0.1) is 37.2 Å². The Morgan fingerprint density at radius 1 is 1.19 bits per heavy atom. The van der Waals surface area contributed by atoms with E-state index >= 15 is 0 Å². The lowest BCUT2D eigenvalue weighted by atomic mass is 10.1. The smallest absolute Gasteiger partial charge is 0.225 e. The van der Waals surface area contributed by atoms with Crippen LogP contribution in [0.3, 0.4) is 0 Å². The lowest BCUT2D eigenvalue weighted by molar-refractivity contribution is -0.135. The number of piperazine rings is 1. The lowest BCUT2D eigenvalue weighted by Gasteiger charge is -2.35. The van der Waals surface area contributed by atoms with Gasteiger partial charge in [0.05, 0.1) is 18.2 Å². The van der Waals surface area contributed by atoms with Crippen molar-refractivity contribution >= 4 is 43.1 Å². The number of nitrogens with zero attached hydrogens (tertiary/aromatic N) is 4. The maximum atomic E-state index is 12.3. The van der Waals surface area contributed by atoms with Crippen LogP contribution < -0.4 is 5.73 Å². The molecule has 26 heavy (non-hydrogen) atoms. The number of hydrogen-bond donors (Lipinski definition) is 1. The summed E-state index contributed by atoms with van der Waals surface area (Å²) in [5.41, 5.74) is 9.20. The molecule has 154 valence electrons. The molecule has 10 heteroatoms. The summed E-state index contributed by atoms with van der Waals surface area (Å²) in [5, 5.41) is 4.47. The van der Waals surface area contributed by atoms with Crippen LogP contribution in [-0.2, 0) is 23.1 Å². The largest absolute Gasteiger partial charge is 0.380 e. The summed E-state index contributed by atoms with van der Waals surface area (Å²) >= 11 is 0. The van der Waals surface area contributed by atoms with Crippen LogP contribution in [0, 0.1) is 13.8 Å². The van der Waals surface area contributed by atoms with Crippen LogP contribution in [0.1, 0.15) is 23.4 Å². The van der Waals surface area contributed by atoms with E-state index < -0.39 is 0 Å². The molecule has 0 spiro atoms. The molecule has 0 aromatic carbocycles. The molecule has 1 saturated heterocycles. The van der Waals surface area contributed by atoms with Crippen molar-refractivity contribution in [3.63, 3.8) is 0 Å².